The largest absolute Gasteiger partial charge is 0.493 e. The van der Waals surface area contributed by atoms with Crippen LogP contribution in [-0.2, 0) is 6.42 Å². The number of ether oxygens (including phenoxy) is 1. The molecule has 0 saturated heterocycles. The quantitative estimate of drug-likeness (QED) is 0.325. The lowest BCUT2D eigenvalue weighted by atomic mass is 10.1. The first kappa shape index (κ1) is 20.5. The van der Waals surface area contributed by atoms with Gasteiger partial charge in [0.05, 0.1) is 12.8 Å². The number of aryl methyl sites for hydroxylation is 3. The van der Waals surface area contributed by atoms with Gasteiger partial charge in [0.15, 0.2) is 0 Å². The Morgan fingerprint density at radius 1 is 1.03 bits per heavy atom. The first-order valence-corrected chi connectivity index (χ1v) is 10.4. The number of aromatic amines is 1. The van der Waals surface area contributed by atoms with Gasteiger partial charge in [0.25, 0.3) is 0 Å². The number of imidazole rings is 1. The van der Waals surface area contributed by atoms with Gasteiger partial charge in [-0.3, -0.25) is 0 Å². The predicted molar refractivity (Wildman–Crippen MR) is 119 cm³/mol. The molecule has 0 amide bonds. The van der Waals surface area contributed by atoms with Gasteiger partial charge in [0, 0.05) is 22.0 Å². The molecule has 5 nitrogen and oxygen atoms in total. The van der Waals surface area contributed by atoms with Crippen molar-refractivity contribution in [3.8, 4) is 28.6 Å². The van der Waals surface area contributed by atoms with Crippen molar-refractivity contribution in [1.82, 2.24) is 15.0 Å². The highest BCUT2D eigenvalue weighted by molar-refractivity contribution is 6.30. The molecule has 1 N–H and O–H groups in total. The Morgan fingerprint density at radius 2 is 1.80 bits per heavy atom. The minimum absolute atomic E-state index is 0.519. The van der Waals surface area contributed by atoms with Gasteiger partial charge >= 0.3 is 0 Å². The lowest BCUT2D eigenvalue weighted by Gasteiger charge is -2.09. The van der Waals surface area contributed by atoms with Crippen LogP contribution >= 0.6 is 23.2 Å². The third-order valence-electron chi connectivity index (χ3n) is 4.69. The topological polar surface area (TPSA) is 63.9 Å². The summed E-state index contributed by atoms with van der Waals surface area (Å²) in [6, 6.07) is 13.2. The van der Waals surface area contributed by atoms with E-state index in [4.69, 9.17) is 37.3 Å². The Balaban J connectivity index is 1.52. The molecule has 0 aliphatic rings. The number of nitrogens with one attached hydrogen (secondary N) is 1. The lowest BCUT2D eigenvalue weighted by molar-refractivity contribution is 0.304. The maximum absolute atomic E-state index is 6.10. The molecule has 2 aromatic carbocycles. The normalized spacial score (nSPS) is 11.1. The molecule has 0 bridgehead atoms. The molecule has 30 heavy (non-hydrogen) atoms. The summed E-state index contributed by atoms with van der Waals surface area (Å²) in [6.45, 7) is 4.43. The predicted octanol–water partition coefficient (Wildman–Crippen LogP) is 6.67. The van der Waals surface area contributed by atoms with Gasteiger partial charge in [-0.25, -0.2) is 9.97 Å². The third kappa shape index (κ3) is 4.69. The van der Waals surface area contributed by atoms with Crippen LogP contribution in [0.25, 0.3) is 22.8 Å². The number of aromatic nitrogens is 3. The summed E-state index contributed by atoms with van der Waals surface area (Å²) in [5.74, 6) is 2.97. The highest BCUT2D eigenvalue weighted by Crippen LogP contribution is 2.30. The summed E-state index contributed by atoms with van der Waals surface area (Å²) in [6.07, 6.45) is 3.19. The molecule has 0 fully saturated rings. The van der Waals surface area contributed by atoms with Crippen molar-refractivity contribution < 1.29 is 9.15 Å². The summed E-state index contributed by atoms with van der Waals surface area (Å²) in [7, 11) is 0. The van der Waals surface area contributed by atoms with Crippen LogP contribution in [0.3, 0.4) is 0 Å². The number of benzene rings is 2. The molecule has 154 valence electrons. The zero-order chi connectivity index (χ0) is 21.1. The third-order valence-corrected chi connectivity index (χ3v) is 5.18. The van der Waals surface area contributed by atoms with Crippen LogP contribution in [0.2, 0.25) is 10.0 Å². The number of hydrogen-bond donors (Lipinski definition) is 1. The van der Waals surface area contributed by atoms with Crippen molar-refractivity contribution in [2.24, 2.45) is 0 Å². The minimum Gasteiger partial charge on any atom is -0.493 e. The molecule has 7 heteroatoms. The second-order valence-electron chi connectivity index (χ2n) is 7.04. The van der Waals surface area contributed by atoms with Gasteiger partial charge in [-0.2, -0.15) is 0 Å². The van der Waals surface area contributed by atoms with Crippen LogP contribution in [0.5, 0.6) is 5.75 Å². The number of H-pyrrole nitrogens is 1. The van der Waals surface area contributed by atoms with Crippen LogP contribution in [-0.4, -0.2) is 21.6 Å². The van der Waals surface area contributed by atoms with Gasteiger partial charge in [-0.15, -0.1) is 0 Å². The van der Waals surface area contributed by atoms with E-state index in [1.165, 1.54) is 0 Å². The van der Waals surface area contributed by atoms with Crippen molar-refractivity contribution in [3.05, 3.63) is 75.9 Å². The van der Waals surface area contributed by atoms with E-state index in [1.807, 2.05) is 56.3 Å². The molecule has 2 heterocycles. The Morgan fingerprint density at radius 3 is 2.50 bits per heavy atom. The zero-order valence-corrected chi connectivity index (χ0v) is 18.2. The Bertz CT molecular complexity index is 1150. The Kier molecular flexibility index (Phi) is 6.11. The molecule has 0 saturated carbocycles. The number of halogens is 2. The fourth-order valence-corrected chi connectivity index (χ4v) is 3.54. The molecule has 0 aliphatic heterocycles. The summed E-state index contributed by atoms with van der Waals surface area (Å²) < 4.78 is 12.0. The molecule has 0 spiro atoms. The minimum atomic E-state index is 0.519. The van der Waals surface area contributed by atoms with E-state index >= 15 is 0 Å². The van der Waals surface area contributed by atoms with Crippen LogP contribution in [0.15, 0.2) is 53.1 Å². The SMILES string of the molecule is Cc1ncc(-c2nc(-c3ccc(Cl)cc3)c(CCCOc3ccc(Cl)cc3C)o2)[nH]1. The Labute approximate surface area is 185 Å². The monoisotopic (exact) mass is 441 g/mol. The molecule has 4 rings (SSSR count). The summed E-state index contributed by atoms with van der Waals surface area (Å²) in [4.78, 5) is 12.1. The smallest absolute Gasteiger partial charge is 0.245 e. The Hall–Kier alpha value is -2.76. The van der Waals surface area contributed by atoms with Crippen molar-refractivity contribution in [1.29, 1.82) is 0 Å². The number of oxazole rings is 1. The van der Waals surface area contributed by atoms with Gasteiger partial charge < -0.3 is 14.1 Å². The highest BCUT2D eigenvalue weighted by atomic mass is 35.5. The average molecular weight is 442 g/mol. The number of rotatable bonds is 7. The van der Waals surface area contributed by atoms with E-state index in [1.54, 1.807) is 6.20 Å². The van der Waals surface area contributed by atoms with E-state index in [2.05, 4.69) is 9.97 Å². The maximum Gasteiger partial charge on any atom is 0.245 e. The van der Waals surface area contributed by atoms with Crippen molar-refractivity contribution in [2.45, 2.75) is 26.7 Å². The summed E-state index contributed by atoms with van der Waals surface area (Å²) >= 11 is 12.1. The van der Waals surface area contributed by atoms with Crippen molar-refractivity contribution in [3.63, 3.8) is 0 Å². The van der Waals surface area contributed by atoms with E-state index in [0.29, 0.717) is 29.0 Å². The molecule has 4 aromatic rings. The average Bonchev–Trinajstić information content (AvgIpc) is 3.33. The number of nitrogens with zero attached hydrogens (tertiary/aromatic N) is 2. The van der Waals surface area contributed by atoms with Crippen LogP contribution < -0.4 is 4.74 Å². The van der Waals surface area contributed by atoms with E-state index in [0.717, 1.165) is 46.3 Å². The molecular weight excluding hydrogens is 421 g/mol. The van der Waals surface area contributed by atoms with Gasteiger partial charge in [-0.05, 0) is 56.2 Å². The first-order chi connectivity index (χ1) is 14.5. The molecule has 0 radical (unpaired) electrons. The molecule has 0 atom stereocenters. The first-order valence-electron chi connectivity index (χ1n) is 9.66. The highest BCUT2D eigenvalue weighted by Gasteiger charge is 2.17. The van der Waals surface area contributed by atoms with E-state index in [9.17, 15) is 0 Å². The van der Waals surface area contributed by atoms with Crippen LogP contribution in [0.4, 0.5) is 0 Å². The van der Waals surface area contributed by atoms with Crippen molar-refractivity contribution >= 4 is 23.2 Å². The van der Waals surface area contributed by atoms with E-state index in [-0.39, 0.29) is 0 Å². The second-order valence-corrected chi connectivity index (χ2v) is 7.91. The summed E-state index contributed by atoms with van der Waals surface area (Å²) in [5.41, 5.74) is 3.52. The van der Waals surface area contributed by atoms with Gasteiger partial charge in [0.1, 0.15) is 28.7 Å². The lowest BCUT2D eigenvalue weighted by Crippen LogP contribution is -2.01. The summed E-state index contributed by atoms with van der Waals surface area (Å²) in [5, 5.41) is 1.38. The molecule has 0 unspecified atom stereocenters. The molecule has 2 aromatic heterocycles. The number of hydrogen-bond acceptors (Lipinski definition) is 4. The van der Waals surface area contributed by atoms with Crippen LogP contribution in [0.1, 0.15) is 23.6 Å². The zero-order valence-electron chi connectivity index (χ0n) is 16.7. The van der Waals surface area contributed by atoms with Gasteiger partial charge in [0.2, 0.25) is 5.89 Å². The maximum atomic E-state index is 6.10. The fourth-order valence-electron chi connectivity index (χ4n) is 3.19. The van der Waals surface area contributed by atoms with Crippen molar-refractivity contribution in [2.75, 3.05) is 6.61 Å². The van der Waals surface area contributed by atoms with Crippen LogP contribution in [0, 0.1) is 13.8 Å². The second kappa shape index (κ2) is 8.94. The van der Waals surface area contributed by atoms with E-state index < -0.39 is 0 Å². The molecular formula is C23H21Cl2N3O2. The molecule has 0 aliphatic carbocycles. The standard InChI is InChI=1S/C23H21Cl2N3O2/c1-14-12-18(25)9-10-20(14)29-11-3-4-21-22(16-5-7-17(24)8-6-16)28-23(30-21)19-13-26-15(2)27-19/h5-10,12-13H,3-4,11H2,1-2H3,(H,26,27). The van der Waals surface area contributed by atoms with Gasteiger partial charge in [-0.1, -0.05) is 35.3 Å². The fraction of sp³-hybridized carbons (Fsp3) is 0.217.